The van der Waals surface area contributed by atoms with Gasteiger partial charge in [-0.05, 0) is 12.1 Å². The molecule has 1 aromatic heterocycles. The molecule has 0 radical (unpaired) electrons. The van der Waals surface area contributed by atoms with E-state index in [2.05, 4.69) is 4.98 Å². The first-order valence-electron chi connectivity index (χ1n) is 5.39. The molecule has 6 nitrogen and oxygen atoms in total. The lowest BCUT2D eigenvalue weighted by molar-refractivity contribution is -0.384. The van der Waals surface area contributed by atoms with Crippen LogP contribution in [0.3, 0.4) is 0 Å². The van der Waals surface area contributed by atoms with Gasteiger partial charge in [-0.3, -0.25) is 10.1 Å². The second-order valence-electron chi connectivity index (χ2n) is 3.72. The van der Waals surface area contributed by atoms with E-state index in [0.29, 0.717) is 5.56 Å². The molecule has 0 spiro atoms. The Hall–Kier alpha value is -1.89. The molecule has 0 fully saturated rings. The van der Waals surface area contributed by atoms with Crippen LogP contribution in [0.25, 0.3) is 0 Å². The zero-order valence-corrected chi connectivity index (χ0v) is 11.4. The van der Waals surface area contributed by atoms with Crippen molar-refractivity contribution in [3.8, 4) is 11.6 Å². The monoisotopic (exact) mass is 314 g/mol. The van der Waals surface area contributed by atoms with E-state index in [0.717, 1.165) is 12.1 Å². The minimum atomic E-state index is -0.610. The third-order valence-electron chi connectivity index (χ3n) is 2.41. The molecule has 0 saturated carbocycles. The summed E-state index contributed by atoms with van der Waals surface area (Å²) in [6.07, 6.45) is 1.47. The maximum absolute atomic E-state index is 10.7. The van der Waals surface area contributed by atoms with Crippen LogP contribution in [0.2, 0.25) is 10.0 Å². The summed E-state index contributed by atoms with van der Waals surface area (Å²) in [6, 6.07) is 5.52. The van der Waals surface area contributed by atoms with Crippen LogP contribution < -0.4 is 4.74 Å². The van der Waals surface area contributed by atoms with Crippen LogP contribution in [-0.4, -0.2) is 15.0 Å². The van der Waals surface area contributed by atoms with Gasteiger partial charge in [0.15, 0.2) is 5.75 Å². The first-order valence-corrected chi connectivity index (χ1v) is 6.14. The van der Waals surface area contributed by atoms with E-state index in [4.69, 9.17) is 27.9 Å². The van der Waals surface area contributed by atoms with E-state index < -0.39 is 4.92 Å². The molecular formula is C12H8Cl2N2O4. The van der Waals surface area contributed by atoms with E-state index in [-0.39, 0.29) is 34.0 Å². The summed E-state index contributed by atoms with van der Waals surface area (Å²) >= 11 is 11.8. The van der Waals surface area contributed by atoms with Gasteiger partial charge < -0.3 is 9.84 Å². The van der Waals surface area contributed by atoms with Gasteiger partial charge in [0.05, 0.1) is 21.6 Å². The molecule has 0 unspecified atom stereocenters. The molecule has 0 bridgehead atoms. The molecule has 1 heterocycles. The van der Waals surface area contributed by atoms with Crippen molar-refractivity contribution < 1.29 is 14.8 Å². The molecule has 1 aromatic carbocycles. The van der Waals surface area contributed by atoms with Gasteiger partial charge in [0, 0.05) is 23.9 Å². The van der Waals surface area contributed by atoms with Crippen molar-refractivity contribution in [2.45, 2.75) is 6.61 Å². The van der Waals surface area contributed by atoms with Crippen LogP contribution in [0, 0.1) is 10.1 Å². The standard InChI is InChI=1S/C12H8Cl2N2O4/c13-9-4-8(16(18)19)5-10(14)11(9)20-12-7(6-17)2-1-3-15-12/h1-5,17H,6H2. The highest BCUT2D eigenvalue weighted by Crippen LogP contribution is 2.39. The fourth-order valence-electron chi connectivity index (χ4n) is 1.48. The number of aromatic nitrogens is 1. The van der Waals surface area contributed by atoms with E-state index in [1.165, 1.54) is 6.20 Å². The van der Waals surface area contributed by atoms with Gasteiger partial charge in [-0.15, -0.1) is 0 Å². The van der Waals surface area contributed by atoms with E-state index in [9.17, 15) is 15.2 Å². The Labute approximate surface area is 123 Å². The van der Waals surface area contributed by atoms with Crippen molar-refractivity contribution in [1.82, 2.24) is 4.98 Å². The average Bonchev–Trinajstić information content (AvgIpc) is 2.42. The molecule has 104 valence electrons. The number of rotatable bonds is 4. The number of hydrogen-bond donors (Lipinski definition) is 1. The number of nitro benzene ring substituents is 1. The maximum Gasteiger partial charge on any atom is 0.272 e. The number of nitrogens with zero attached hydrogens (tertiary/aromatic N) is 2. The number of aliphatic hydroxyl groups is 1. The zero-order valence-electron chi connectivity index (χ0n) is 9.92. The minimum Gasteiger partial charge on any atom is -0.435 e. The van der Waals surface area contributed by atoms with Crippen molar-refractivity contribution in [2.75, 3.05) is 0 Å². The topological polar surface area (TPSA) is 85.5 Å². The molecule has 20 heavy (non-hydrogen) atoms. The van der Waals surface area contributed by atoms with Gasteiger partial charge in [0.2, 0.25) is 5.88 Å². The molecule has 0 amide bonds. The van der Waals surface area contributed by atoms with Crippen LogP contribution in [-0.2, 0) is 6.61 Å². The summed E-state index contributed by atoms with van der Waals surface area (Å²) < 4.78 is 5.44. The summed E-state index contributed by atoms with van der Waals surface area (Å²) in [4.78, 5) is 14.0. The summed E-state index contributed by atoms with van der Waals surface area (Å²) in [5.41, 5.74) is 0.203. The van der Waals surface area contributed by atoms with Gasteiger partial charge in [-0.1, -0.05) is 23.2 Å². The van der Waals surface area contributed by atoms with Crippen LogP contribution in [0.1, 0.15) is 5.56 Å². The smallest absolute Gasteiger partial charge is 0.272 e. The van der Waals surface area contributed by atoms with Gasteiger partial charge in [0.25, 0.3) is 5.69 Å². The van der Waals surface area contributed by atoms with E-state index in [1.807, 2.05) is 0 Å². The van der Waals surface area contributed by atoms with Crippen LogP contribution in [0.4, 0.5) is 5.69 Å². The normalized spacial score (nSPS) is 10.3. The zero-order chi connectivity index (χ0) is 14.7. The number of halogens is 2. The first-order chi connectivity index (χ1) is 9.52. The lowest BCUT2D eigenvalue weighted by atomic mass is 10.3. The number of ether oxygens (including phenoxy) is 1. The largest absolute Gasteiger partial charge is 0.435 e. The number of non-ortho nitro benzene ring substituents is 1. The van der Waals surface area contributed by atoms with Crippen LogP contribution >= 0.6 is 23.2 Å². The number of aliphatic hydroxyl groups excluding tert-OH is 1. The van der Waals surface area contributed by atoms with Crippen molar-refractivity contribution in [2.24, 2.45) is 0 Å². The molecule has 0 aliphatic carbocycles. The molecular weight excluding hydrogens is 307 g/mol. The second-order valence-corrected chi connectivity index (χ2v) is 4.54. The highest BCUT2D eigenvalue weighted by atomic mass is 35.5. The summed E-state index contributed by atoms with van der Waals surface area (Å²) in [5.74, 6) is 0.181. The number of benzene rings is 1. The molecule has 2 aromatic rings. The second kappa shape index (κ2) is 6.04. The van der Waals surface area contributed by atoms with Gasteiger partial charge in [0.1, 0.15) is 0 Å². The molecule has 0 saturated heterocycles. The molecule has 8 heteroatoms. The van der Waals surface area contributed by atoms with Crippen molar-refractivity contribution >= 4 is 28.9 Å². The van der Waals surface area contributed by atoms with E-state index >= 15 is 0 Å². The third kappa shape index (κ3) is 2.98. The van der Waals surface area contributed by atoms with Crippen LogP contribution in [0.15, 0.2) is 30.5 Å². The highest BCUT2D eigenvalue weighted by molar-refractivity contribution is 6.37. The Kier molecular flexibility index (Phi) is 4.39. The summed E-state index contributed by atoms with van der Waals surface area (Å²) in [6.45, 7) is -0.272. The van der Waals surface area contributed by atoms with Crippen LogP contribution in [0.5, 0.6) is 11.6 Å². The minimum absolute atomic E-state index is 0.0151. The SMILES string of the molecule is O=[N+]([O-])c1cc(Cl)c(Oc2ncccc2CO)c(Cl)c1. The molecule has 0 atom stereocenters. The Morgan fingerprint density at radius 1 is 1.35 bits per heavy atom. The Morgan fingerprint density at radius 3 is 2.55 bits per heavy atom. The summed E-state index contributed by atoms with van der Waals surface area (Å²) in [7, 11) is 0. The lowest BCUT2D eigenvalue weighted by Crippen LogP contribution is -1.96. The Balaban J connectivity index is 2.41. The van der Waals surface area contributed by atoms with Crippen molar-refractivity contribution in [3.05, 3.63) is 56.2 Å². The maximum atomic E-state index is 10.7. The van der Waals surface area contributed by atoms with Gasteiger partial charge in [-0.2, -0.15) is 0 Å². The molecule has 2 rings (SSSR count). The van der Waals surface area contributed by atoms with Crippen molar-refractivity contribution in [3.63, 3.8) is 0 Å². The van der Waals surface area contributed by atoms with Gasteiger partial charge in [-0.25, -0.2) is 4.98 Å². The predicted octanol–water partition coefficient (Wildman–Crippen LogP) is 3.58. The lowest BCUT2D eigenvalue weighted by Gasteiger charge is -2.10. The Morgan fingerprint density at radius 2 is 2.00 bits per heavy atom. The van der Waals surface area contributed by atoms with E-state index in [1.54, 1.807) is 12.1 Å². The third-order valence-corrected chi connectivity index (χ3v) is 2.97. The quantitative estimate of drug-likeness (QED) is 0.688. The molecule has 1 N–H and O–H groups in total. The Bertz CT molecular complexity index is 641. The molecule has 0 aliphatic heterocycles. The first kappa shape index (κ1) is 14.5. The fraction of sp³-hybridized carbons (Fsp3) is 0.0833. The average molecular weight is 315 g/mol. The van der Waals surface area contributed by atoms with Gasteiger partial charge >= 0.3 is 0 Å². The number of hydrogen-bond acceptors (Lipinski definition) is 5. The summed E-state index contributed by atoms with van der Waals surface area (Å²) in [5, 5.41) is 19.8. The number of pyridine rings is 1. The predicted molar refractivity (Wildman–Crippen MR) is 73.4 cm³/mol. The fourth-order valence-corrected chi connectivity index (χ4v) is 2.04. The number of nitro groups is 1. The molecule has 0 aliphatic rings. The van der Waals surface area contributed by atoms with Crippen molar-refractivity contribution in [1.29, 1.82) is 0 Å². The highest BCUT2D eigenvalue weighted by Gasteiger charge is 2.17.